The molecule has 0 N–H and O–H groups in total. The number of rotatable bonds is 4. The Morgan fingerprint density at radius 3 is 2.94 bits per heavy atom. The minimum absolute atomic E-state index is 0.350. The molecule has 88 valence electrons. The first kappa shape index (κ1) is 12.2. The minimum Gasteiger partial charge on any atom is -0.378 e. The summed E-state index contributed by atoms with van der Waals surface area (Å²) in [5.41, 5.74) is 1.22. The first-order valence-electron chi connectivity index (χ1n) is 5.72. The topological polar surface area (TPSA) is 9.23 Å². The molecule has 1 aliphatic heterocycles. The van der Waals surface area contributed by atoms with Crippen LogP contribution in [0.1, 0.15) is 30.7 Å². The van der Waals surface area contributed by atoms with Gasteiger partial charge in [0.1, 0.15) is 0 Å². The number of halogens is 2. The lowest BCUT2D eigenvalue weighted by Gasteiger charge is -2.18. The van der Waals surface area contributed by atoms with Crippen LogP contribution in [-0.2, 0) is 4.74 Å². The van der Waals surface area contributed by atoms with Crippen LogP contribution in [0, 0.1) is 0 Å². The standard InChI is InChI=1S/C13H16Cl2O/c14-9-11(8-13-5-2-6-16-13)10-3-1-4-12(15)7-10/h1,3-4,7,11,13H,2,5-6,8-9H2. The summed E-state index contributed by atoms with van der Waals surface area (Å²) in [6, 6.07) is 7.96. The molecular formula is C13H16Cl2O. The Morgan fingerprint density at radius 1 is 1.44 bits per heavy atom. The van der Waals surface area contributed by atoms with Gasteiger partial charge in [-0.15, -0.1) is 11.6 Å². The molecule has 1 aromatic carbocycles. The van der Waals surface area contributed by atoms with E-state index in [2.05, 4.69) is 6.07 Å². The molecule has 0 saturated carbocycles. The fraction of sp³-hybridized carbons (Fsp3) is 0.538. The number of hydrogen-bond donors (Lipinski definition) is 0. The maximum atomic E-state index is 6.03. The molecule has 0 spiro atoms. The highest BCUT2D eigenvalue weighted by molar-refractivity contribution is 6.30. The van der Waals surface area contributed by atoms with Crippen molar-refractivity contribution in [2.24, 2.45) is 0 Å². The van der Waals surface area contributed by atoms with Crippen LogP contribution in [0.3, 0.4) is 0 Å². The van der Waals surface area contributed by atoms with Crippen LogP contribution in [0.5, 0.6) is 0 Å². The van der Waals surface area contributed by atoms with Gasteiger partial charge in [-0.1, -0.05) is 23.7 Å². The lowest BCUT2D eigenvalue weighted by atomic mass is 9.94. The molecule has 0 aromatic heterocycles. The number of ether oxygens (including phenoxy) is 1. The van der Waals surface area contributed by atoms with Crippen LogP contribution in [0.4, 0.5) is 0 Å². The van der Waals surface area contributed by atoms with E-state index in [1.807, 2.05) is 18.2 Å². The molecule has 2 atom stereocenters. The second-order valence-electron chi connectivity index (χ2n) is 4.28. The molecule has 0 amide bonds. The van der Waals surface area contributed by atoms with E-state index in [1.165, 1.54) is 12.0 Å². The summed E-state index contributed by atoms with van der Waals surface area (Å²) < 4.78 is 5.65. The van der Waals surface area contributed by atoms with Crippen molar-refractivity contribution in [2.75, 3.05) is 12.5 Å². The van der Waals surface area contributed by atoms with Gasteiger partial charge < -0.3 is 4.74 Å². The van der Waals surface area contributed by atoms with Gasteiger partial charge in [-0.05, 0) is 42.9 Å². The van der Waals surface area contributed by atoms with Crippen LogP contribution >= 0.6 is 23.2 Å². The molecule has 1 aromatic rings. The second-order valence-corrected chi connectivity index (χ2v) is 5.02. The molecule has 1 aliphatic rings. The van der Waals surface area contributed by atoms with Crippen molar-refractivity contribution >= 4 is 23.2 Å². The minimum atomic E-state index is 0.350. The predicted octanol–water partition coefficient (Wildman–Crippen LogP) is 4.23. The molecule has 3 heteroatoms. The SMILES string of the molecule is ClCC(CC1CCCO1)c1cccc(Cl)c1. The van der Waals surface area contributed by atoms with E-state index in [1.54, 1.807) is 0 Å². The smallest absolute Gasteiger partial charge is 0.0582 e. The highest BCUT2D eigenvalue weighted by atomic mass is 35.5. The maximum absolute atomic E-state index is 6.03. The van der Waals surface area contributed by atoms with Gasteiger partial charge >= 0.3 is 0 Å². The molecule has 0 bridgehead atoms. The maximum Gasteiger partial charge on any atom is 0.0582 e. The summed E-state index contributed by atoms with van der Waals surface area (Å²) in [6.07, 6.45) is 3.72. The molecule has 0 aliphatic carbocycles. The average molecular weight is 259 g/mol. The summed E-state index contributed by atoms with van der Waals surface area (Å²) in [6.45, 7) is 0.898. The zero-order chi connectivity index (χ0) is 11.4. The second kappa shape index (κ2) is 5.90. The lowest BCUT2D eigenvalue weighted by molar-refractivity contribution is 0.0995. The number of alkyl halides is 1. The fourth-order valence-electron chi connectivity index (χ4n) is 2.20. The number of benzene rings is 1. The van der Waals surface area contributed by atoms with Crippen molar-refractivity contribution in [2.45, 2.75) is 31.3 Å². The first-order valence-corrected chi connectivity index (χ1v) is 6.64. The normalized spacial score (nSPS) is 22.2. The molecule has 1 fully saturated rings. The lowest BCUT2D eigenvalue weighted by Crippen LogP contribution is -2.12. The van der Waals surface area contributed by atoms with Gasteiger partial charge in [0.15, 0.2) is 0 Å². The molecule has 1 heterocycles. The highest BCUT2D eigenvalue weighted by Crippen LogP contribution is 2.29. The Labute approximate surface area is 107 Å². The van der Waals surface area contributed by atoms with Gasteiger partial charge in [0, 0.05) is 17.5 Å². The van der Waals surface area contributed by atoms with Gasteiger partial charge in [-0.2, -0.15) is 0 Å². The average Bonchev–Trinajstić information content (AvgIpc) is 2.78. The third kappa shape index (κ3) is 3.13. The molecule has 2 rings (SSSR count). The van der Waals surface area contributed by atoms with Gasteiger partial charge in [-0.25, -0.2) is 0 Å². The summed E-state index contributed by atoms with van der Waals surface area (Å²) in [7, 11) is 0. The third-order valence-corrected chi connectivity index (χ3v) is 3.69. The molecule has 16 heavy (non-hydrogen) atoms. The molecule has 1 saturated heterocycles. The monoisotopic (exact) mass is 258 g/mol. The predicted molar refractivity (Wildman–Crippen MR) is 68.5 cm³/mol. The van der Waals surface area contributed by atoms with Crippen molar-refractivity contribution < 1.29 is 4.74 Å². The third-order valence-electron chi connectivity index (χ3n) is 3.08. The fourth-order valence-corrected chi connectivity index (χ4v) is 2.70. The van der Waals surface area contributed by atoms with Crippen LogP contribution < -0.4 is 0 Å². The number of hydrogen-bond acceptors (Lipinski definition) is 1. The van der Waals surface area contributed by atoms with Crippen molar-refractivity contribution in [1.82, 2.24) is 0 Å². The Balaban J connectivity index is 2.03. The summed E-state index contributed by atoms with van der Waals surface area (Å²) >= 11 is 12.0. The Kier molecular flexibility index (Phi) is 4.51. The molecule has 2 unspecified atom stereocenters. The highest BCUT2D eigenvalue weighted by Gasteiger charge is 2.21. The van der Waals surface area contributed by atoms with E-state index < -0.39 is 0 Å². The van der Waals surface area contributed by atoms with E-state index >= 15 is 0 Å². The van der Waals surface area contributed by atoms with E-state index in [0.29, 0.717) is 17.9 Å². The molecular weight excluding hydrogens is 243 g/mol. The summed E-state index contributed by atoms with van der Waals surface area (Å²) in [4.78, 5) is 0. The first-order chi connectivity index (χ1) is 7.79. The van der Waals surface area contributed by atoms with Crippen molar-refractivity contribution in [3.8, 4) is 0 Å². The summed E-state index contributed by atoms with van der Waals surface area (Å²) in [5.74, 6) is 0.976. The zero-order valence-electron chi connectivity index (χ0n) is 9.16. The van der Waals surface area contributed by atoms with E-state index in [4.69, 9.17) is 27.9 Å². The van der Waals surface area contributed by atoms with Crippen LogP contribution in [0.2, 0.25) is 5.02 Å². The van der Waals surface area contributed by atoms with Crippen LogP contribution in [0.15, 0.2) is 24.3 Å². The largest absolute Gasteiger partial charge is 0.378 e. The zero-order valence-corrected chi connectivity index (χ0v) is 10.7. The van der Waals surface area contributed by atoms with Gasteiger partial charge in [-0.3, -0.25) is 0 Å². The Bertz CT molecular complexity index is 334. The quantitative estimate of drug-likeness (QED) is 0.735. The van der Waals surface area contributed by atoms with E-state index in [-0.39, 0.29) is 0 Å². The molecule has 0 radical (unpaired) electrons. The van der Waals surface area contributed by atoms with Gasteiger partial charge in [0.25, 0.3) is 0 Å². The van der Waals surface area contributed by atoms with Crippen molar-refractivity contribution in [1.29, 1.82) is 0 Å². The van der Waals surface area contributed by atoms with Crippen LogP contribution in [-0.4, -0.2) is 18.6 Å². The van der Waals surface area contributed by atoms with Crippen LogP contribution in [0.25, 0.3) is 0 Å². The van der Waals surface area contributed by atoms with E-state index in [0.717, 1.165) is 24.5 Å². The van der Waals surface area contributed by atoms with Gasteiger partial charge in [0.2, 0.25) is 0 Å². The van der Waals surface area contributed by atoms with Gasteiger partial charge in [0.05, 0.1) is 6.10 Å². The Hall–Kier alpha value is -0.240. The summed E-state index contributed by atoms with van der Waals surface area (Å²) in [5, 5.41) is 0.778. The van der Waals surface area contributed by atoms with Crippen molar-refractivity contribution in [3.63, 3.8) is 0 Å². The molecule has 1 nitrogen and oxygen atoms in total. The van der Waals surface area contributed by atoms with Crippen molar-refractivity contribution in [3.05, 3.63) is 34.9 Å². The van der Waals surface area contributed by atoms with E-state index in [9.17, 15) is 0 Å². The Morgan fingerprint density at radius 2 is 2.31 bits per heavy atom.